The number of anilines is 1. The lowest BCUT2D eigenvalue weighted by Gasteiger charge is -2.33. The molecule has 0 spiro atoms. The van der Waals surface area contributed by atoms with E-state index in [0.29, 0.717) is 23.6 Å². The molecular weight excluding hydrogens is 437 g/mol. The van der Waals surface area contributed by atoms with Gasteiger partial charge in [-0.2, -0.15) is 0 Å². The number of benzene rings is 2. The smallest absolute Gasteiger partial charge is 0.315 e. The number of piperidine rings is 1. The number of nitrogens with zero attached hydrogens (tertiary/aromatic N) is 3. The molecule has 2 heterocycles. The van der Waals surface area contributed by atoms with Crippen LogP contribution in [0, 0.1) is 5.82 Å². The standard InChI is InChI=1S/C25H28FN5O3/c1-33-19-5-3-17(4-6-19)15-27-25(32)30-18-9-11-31(12-10-18)24-14-23(28-16-29-24)21-8-7-20(34-2)13-22(21)26/h3-8,13-14,16,18H,9-12,15H2,1-2H3,(H2,27,30,32). The number of amides is 2. The first kappa shape index (κ1) is 23.3. The summed E-state index contributed by atoms with van der Waals surface area (Å²) in [4.78, 5) is 23.0. The molecule has 1 aliphatic rings. The van der Waals surface area contributed by atoms with Crippen molar-refractivity contribution in [2.45, 2.75) is 25.4 Å². The molecule has 0 unspecified atom stereocenters. The Bertz CT molecular complexity index is 1120. The number of hydrogen-bond donors (Lipinski definition) is 2. The zero-order chi connectivity index (χ0) is 23.9. The number of carbonyl (C=O) groups is 1. The average molecular weight is 466 g/mol. The molecule has 178 valence electrons. The van der Waals surface area contributed by atoms with Gasteiger partial charge in [-0.25, -0.2) is 19.2 Å². The number of nitrogens with one attached hydrogen (secondary N) is 2. The quantitative estimate of drug-likeness (QED) is 0.552. The molecule has 2 amide bonds. The van der Waals surface area contributed by atoms with Gasteiger partial charge in [0, 0.05) is 43.4 Å². The predicted molar refractivity (Wildman–Crippen MR) is 128 cm³/mol. The first-order chi connectivity index (χ1) is 16.6. The highest BCUT2D eigenvalue weighted by Crippen LogP contribution is 2.27. The summed E-state index contributed by atoms with van der Waals surface area (Å²) >= 11 is 0. The minimum atomic E-state index is -0.396. The van der Waals surface area contributed by atoms with Gasteiger partial charge in [0.25, 0.3) is 0 Å². The Morgan fingerprint density at radius 1 is 1.03 bits per heavy atom. The van der Waals surface area contributed by atoms with E-state index in [0.717, 1.165) is 43.1 Å². The Morgan fingerprint density at radius 3 is 2.41 bits per heavy atom. The predicted octanol–water partition coefficient (Wildman–Crippen LogP) is 3.77. The van der Waals surface area contributed by atoms with Gasteiger partial charge in [-0.15, -0.1) is 0 Å². The second-order valence-corrected chi connectivity index (χ2v) is 8.04. The molecule has 3 aromatic rings. The molecule has 8 nitrogen and oxygen atoms in total. The highest BCUT2D eigenvalue weighted by molar-refractivity contribution is 5.74. The van der Waals surface area contributed by atoms with E-state index in [1.807, 2.05) is 24.3 Å². The van der Waals surface area contributed by atoms with Crippen LogP contribution in [-0.2, 0) is 6.54 Å². The van der Waals surface area contributed by atoms with E-state index in [1.165, 1.54) is 19.5 Å². The second-order valence-electron chi connectivity index (χ2n) is 8.04. The van der Waals surface area contributed by atoms with Crippen LogP contribution in [0.25, 0.3) is 11.3 Å². The molecule has 34 heavy (non-hydrogen) atoms. The Morgan fingerprint density at radius 2 is 1.74 bits per heavy atom. The molecular formula is C25H28FN5O3. The van der Waals surface area contributed by atoms with Crippen molar-refractivity contribution in [1.29, 1.82) is 0 Å². The number of halogens is 1. The van der Waals surface area contributed by atoms with E-state index in [4.69, 9.17) is 9.47 Å². The lowest BCUT2D eigenvalue weighted by molar-refractivity contribution is 0.234. The molecule has 0 bridgehead atoms. The van der Waals surface area contributed by atoms with Gasteiger partial charge in [0.15, 0.2) is 0 Å². The van der Waals surface area contributed by atoms with Gasteiger partial charge in [0.05, 0.1) is 19.9 Å². The van der Waals surface area contributed by atoms with Gasteiger partial charge in [-0.1, -0.05) is 12.1 Å². The zero-order valence-electron chi connectivity index (χ0n) is 19.3. The van der Waals surface area contributed by atoms with Crippen LogP contribution in [0.1, 0.15) is 18.4 Å². The Kier molecular flexibility index (Phi) is 7.41. The molecule has 4 rings (SSSR count). The van der Waals surface area contributed by atoms with Gasteiger partial charge in [-0.3, -0.25) is 0 Å². The van der Waals surface area contributed by atoms with E-state index >= 15 is 0 Å². The average Bonchev–Trinajstić information content (AvgIpc) is 2.88. The summed E-state index contributed by atoms with van der Waals surface area (Å²) in [5, 5.41) is 5.94. The maximum absolute atomic E-state index is 14.5. The first-order valence-electron chi connectivity index (χ1n) is 11.1. The van der Waals surface area contributed by atoms with Crippen LogP contribution < -0.4 is 25.0 Å². The van der Waals surface area contributed by atoms with Crippen molar-refractivity contribution in [1.82, 2.24) is 20.6 Å². The van der Waals surface area contributed by atoms with Crippen LogP contribution in [0.4, 0.5) is 15.0 Å². The van der Waals surface area contributed by atoms with Crippen LogP contribution >= 0.6 is 0 Å². The number of methoxy groups -OCH3 is 2. The van der Waals surface area contributed by atoms with Crippen LogP contribution in [-0.4, -0.2) is 49.4 Å². The number of ether oxygens (including phenoxy) is 2. The maximum atomic E-state index is 14.5. The molecule has 0 radical (unpaired) electrons. The first-order valence-corrected chi connectivity index (χ1v) is 11.1. The Hall–Kier alpha value is -3.88. The normalized spacial score (nSPS) is 13.9. The van der Waals surface area contributed by atoms with E-state index in [2.05, 4.69) is 25.5 Å². The second kappa shape index (κ2) is 10.8. The number of carbonyl (C=O) groups excluding carboxylic acids is 1. The highest BCUT2D eigenvalue weighted by atomic mass is 19.1. The fourth-order valence-electron chi connectivity index (χ4n) is 3.91. The minimum absolute atomic E-state index is 0.0763. The van der Waals surface area contributed by atoms with Gasteiger partial charge < -0.3 is 25.0 Å². The molecule has 0 atom stereocenters. The molecule has 1 aliphatic heterocycles. The topological polar surface area (TPSA) is 88.6 Å². The van der Waals surface area contributed by atoms with Gasteiger partial charge in [0.2, 0.25) is 0 Å². The van der Waals surface area contributed by atoms with Crippen LogP contribution in [0.5, 0.6) is 11.5 Å². The molecule has 1 aromatic heterocycles. The molecule has 0 saturated carbocycles. The molecule has 1 saturated heterocycles. The van der Waals surface area contributed by atoms with Crippen molar-refractivity contribution in [2.24, 2.45) is 0 Å². The number of hydrogen-bond acceptors (Lipinski definition) is 6. The van der Waals surface area contributed by atoms with Crippen LogP contribution in [0.2, 0.25) is 0 Å². The lowest BCUT2D eigenvalue weighted by Crippen LogP contribution is -2.48. The third kappa shape index (κ3) is 5.72. The summed E-state index contributed by atoms with van der Waals surface area (Å²) in [7, 11) is 3.12. The SMILES string of the molecule is COc1ccc(CNC(=O)NC2CCN(c3cc(-c4ccc(OC)cc4F)ncn3)CC2)cc1. The molecule has 9 heteroatoms. The number of aromatic nitrogens is 2. The van der Waals surface area contributed by atoms with E-state index < -0.39 is 5.82 Å². The van der Waals surface area contributed by atoms with E-state index in [-0.39, 0.29) is 12.1 Å². The van der Waals surface area contributed by atoms with Crippen molar-refractivity contribution in [3.05, 3.63) is 66.2 Å². The van der Waals surface area contributed by atoms with Crippen molar-refractivity contribution in [3.8, 4) is 22.8 Å². The summed E-state index contributed by atoms with van der Waals surface area (Å²) < 4.78 is 24.7. The van der Waals surface area contributed by atoms with E-state index in [9.17, 15) is 9.18 Å². The fourth-order valence-corrected chi connectivity index (χ4v) is 3.91. The van der Waals surface area contributed by atoms with Crippen molar-refractivity contribution in [3.63, 3.8) is 0 Å². The van der Waals surface area contributed by atoms with Crippen molar-refractivity contribution in [2.75, 3.05) is 32.2 Å². The van der Waals surface area contributed by atoms with Crippen molar-refractivity contribution < 1.29 is 18.7 Å². The van der Waals surface area contributed by atoms with Crippen LogP contribution in [0.3, 0.4) is 0 Å². The summed E-state index contributed by atoms with van der Waals surface area (Å²) in [6.45, 7) is 1.90. The molecule has 1 fully saturated rings. The largest absolute Gasteiger partial charge is 0.497 e. The third-order valence-corrected chi connectivity index (χ3v) is 5.87. The van der Waals surface area contributed by atoms with Gasteiger partial charge in [-0.05, 0) is 42.7 Å². The monoisotopic (exact) mass is 465 g/mol. The fraction of sp³-hybridized carbons (Fsp3) is 0.320. The molecule has 2 aromatic carbocycles. The lowest BCUT2D eigenvalue weighted by atomic mass is 10.0. The number of urea groups is 1. The Balaban J connectivity index is 1.29. The Labute approximate surface area is 198 Å². The highest BCUT2D eigenvalue weighted by Gasteiger charge is 2.22. The summed E-state index contributed by atoms with van der Waals surface area (Å²) in [5.41, 5.74) is 1.91. The third-order valence-electron chi connectivity index (χ3n) is 5.87. The molecule has 0 aliphatic carbocycles. The number of rotatable bonds is 7. The minimum Gasteiger partial charge on any atom is -0.497 e. The summed E-state index contributed by atoms with van der Waals surface area (Å²) in [6, 6.07) is 14.0. The van der Waals surface area contributed by atoms with Gasteiger partial charge in [0.1, 0.15) is 29.5 Å². The molecule has 2 N–H and O–H groups in total. The van der Waals surface area contributed by atoms with E-state index in [1.54, 1.807) is 25.3 Å². The zero-order valence-corrected chi connectivity index (χ0v) is 19.3. The summed E-state index contributed by atoms with van der Waals surface area (Å²) in [5.74, 6) is 1.58. The van der Waals surface area contributed by atoms with Crippen LogP contribution in [0.15, 0.2) is 54.9 Å². The maximum Gasteiger partial charge on any atom is 0.315 e. The van der Waals surface area contributed by atoms with Gasteiger partial charge >= 0.3 is 6.03 Å². The van der Waals surface area contributed by atoms with Crippen molar-refractivity contribution >= 4 is 11.8 Å². The summed E-state index contributed by atoms with van der Waals surface area (Å²) in [6.07, 6.45) is 3.02.